The second-order valence-electron chi connectivity index (χ2n) is 6.83. The lowest BCUT2D eigenvalue weighted by Crippen LogP contribution is -2.21. The van der Waals surface area contributed by atoms with Gasteiger partial charge in [0.15, 0.2) is 0 Å². The number of rotatable bonds is 8. The van der Waals surface area contributed by atoms with Crippen LogP contribution in [0.1, 0.15) is 31.0 Å². The Bertz CT molecular complexity index is 1030. The molecule has 1 aromatic heterocycles. The summed E-state index contributed by atoms with van der Waals surface area (Å²) in [6.07, 6.45) is 2.64. The van der Waals surface area contributed by atoms with Gasteiger partial charge in [-0.2, -0.15) is 5.10 Å². The van der Waals surface area contributed by atoms with E-state index < -0.39 is 17.8 Å². The number of carbonyl (C=O) groups is 2. The zero-order chi connectivity index (χ0) is 21.5. The van der Waals surface area contributed by atoms with Crippen molar-refractivity contribution >= 4 is 23.5 Å². The van der Waals surface area contributed by atoms with Crippen molar-refractivity contribution in [1.29, 1.82) is 0 Å². The minimum atomic E-state index is -0.907. The summed E-state index contributed by atoms with van der Waals surface area (Å²) in [5, 5.41) is 18.7. The number of unbranched alkanes of at least 4 members (excludes halogenated alkanes) is 1. The van der Waals surface area contributed by atoms with Crippen LogP contribution in [0.4, 0.5) is 20.7 Å². The van der Waals surface area contributed by atoms with E-state index in [2.05, 4.69) is 22.7 Å². The monoisotopic (exact) mass is 410 g/mol. The van der Waals surface area contributed by atoms with Gasteiger partial charge in [0.2, 0.25) is 0 Å². The number of para-hydroxylation sites is 1. The molecule has 7 nitrogen and oxygen atoms in total. The molecule has 30 heavy (non-hydrogen) atoms. The molecule has 0 unspecified atom stereocenters. The molecular weight excluding hydrogens is 387 g/mol. The average molecular weight is 410 g/mol. The number of hydrogen-bond donors (Lipinski definition) is 3. The highest BCUT2D eigenvalue weighted by Crippen LogP contribution is 2.20. The molecule has 0 aliphatic heterocycles. The number of halogens is 1. The highest BCUT2D eigenvalue weighted by Gasteiger charge is 2.14. The number of aliphatic carboxylic acids is 1. The quantitative estimate of drug-likeness (QED) is 0.505. The molecule has 0 bridgehead atoms. The van der Waals surface area contributed by atoms with Crippen LogP contribution < -0.4 is 10.6 Å². The molecule has 3 N–H and O–H groups in total. The molecule has 8 heteroatoms. The maximum atomic E-state index is 13.8. The van der Waals surface area contributed by atoms with Crippen LogP contribution in [-0.4, -0.2) is 26.9 Å². The smallest absolute Gasteiger partial charge is 0.324 e. The number of nitrogens with one attached hydrogen (secondary N) is 2. The fourth-order valence-electron chi connectivity index (χ4n) is 2.96. The van der Waals surface area contributed by atoms with Gasteiger partial charge in [-0.25, -0.2) is 13.9 Å². The minimum absolute atomic E-state index is 0.0721. The number of anilines is 2. The Morgan fingerprint density at radius 3 is 2.50 bits per heavy atom. The molecule has 3 aromatic rings. The van der Waals surface area contributed by atoms with Crippen LogP contribution in [0.3, 0.4) is 0 Å². The van der Waals surface area contributed by atoms with Crippen molar-refractivity contribution in [3.05, 3.63) is 71.7 Å². The zero-order valence-corrected chi connectivity index (χ0v) is 16.6. The fourth-order valence-corrected chi connectivity index (χ4v) is 2.96. The number of carboxylic acid groups (broad SMARTS) is 1. The number of benzene rings is 2. The Kier molecular flexibility index (Phi) is 6.79. The van der Waals surface area contributed by atoms with Crippen molar-refractivity contribution < 1.29 is 19.1 Å². The lowest BCUT2D eigenvalue weighted by atomic mass is 10.1. The molecule has 0 aliphatic carbocycles. The molecule has 156 valence electrons. The zero-order valence-electron chi connectivity index (χ0n) is 16.6. The molecule has 1 heterocycles. The van der Waals surface area contributed by atoms with E-state index in [4.69, 9.17) is 5.11 Å². The highest BCUT2D eigenvalue weighted by molar-refractivity contribution is 5.99. The molecular formula is C22H23FN4O3. The predicted octanol–water partition coefficient (Wildman–Crippen LogP) is 4.63. The van der Waals surface area contributed by atoms with Gasteiger partial charge in [-0.3, -0.25) is 10.1 Å². The number of nitrogens with zero attached hydrogens (tertiary/aromatic N) is 2. The highest BCUT2D eigenvalue weighted by atomic mass is 19.1. The second-order valence-corrected chi connectivity index (χ2v) is 6.83. The van der Waals surface area contributed by atoms with E-state index in [1.54, 1.807) is 47.1 Å². The Hall–Kier alpha value is -3.68. The van der Waals surface area contributed by atoms with E-state index in [0.29, 0.717) is 17.1 Å². The second kappa shape index (κ2) is 9.69. The molecule has 0 saturated carbocycles. The number of amides is 2. The Balaban J connectivity index is 1.83. The molecule has 0 fully saturated rings. The summed E-state index contributed by atoms with van der Waals surface area (Å²) >= 11 is 0. The Morgan fingerprint density at radius 2 is 1.83 bits per heavy atom. The first-order valence-corrected chi connectivity index (χ1v) is 9.69. The van der Waals surface area contributed by atoms with E-state index in [1.807, 2.05) is 0 Å². The molecule has 0 saturated heterocycles. The number of urea groups is 1. The number of hydrogen-bond acceptors (Lipinski definition) is 3. The largest absolute Gasteiger partial charge is 0.481 e. The van der Waals surface area contributed by atoms with Gasteiger partial charge in [0, 0.05) is 6.07 Å². The third-order valence-corrected chi connectivity index (χ3v) is 4.45. The fraction of sp³-hybridized carbons (Fsp3) is 0.227. The van der Waals surface area contributed by atoms with Crippen LogP contribution >= 0.6 is 0 Å². The van der Waals surface area contributed by atoms with Gasteiger partial charge in [0.05, 0.1) is 23.5 Å². The molecule has 2 aromatic carbocycles. The van der Waals surface area contributed by atoms with Gasteiger partial charge in [-0.1, -0.05) is 37.6 Å². The molecule has 0 spiro atoms. The van der Waals surface area contributed by atoms with Gasteiger partial charge in [-0.05, 0) is 42.7 Å². The third-order valence-electron chi connectivity index (χ3n) is 4.45. The molecule has 0 aliphatic rings. The predicted molar refractivity (Wildman–Crippen MR) is 113 cm³/mol. The van der Waals surface area contributed by atoms with Gasteiger partial charge in [0.1, 0.15) is 11.6 Å². The van der Waals surface area contributed by atoms with E-state index in [9.17, 15) is 14.0 Å². The number of carbonyl (C=O) groups excluding carboxylic acids is 1. The van der Waals surface area contributed by atoms with Crippen LogP contribution in [-0.2, 0) is 17.6 Å². The summed E-state index contributed by atoms with van der Waals surface area (Å²) in [7, 11) is 0. The summed E-state index contributed by atoms with van der Waals surface area (Å²) in [6.45, 7) is 2.08. The van der Waals surface area contributed by atoms with Gasteiger partial charge < -0.3 is 10.4 Å². The van der Waals surface area contributed by atoms with Crippen molar-refractivity contribution in [2.24, 2.45) is 0 Å². The van der Waals surface area contributed by atoms with E-state index >= 15 is 0 Å². The van der Waals surface area contributed by atoms with Gasteiger partial charge >= 0.3 is 12.0 Å². The summed E-state index contributed by atoms with van der Waals surface area (Å²) < 4.78 is 15.4. The topological polar surface area (TPSA) is 96.2 Å². The SMILES string of the molecule is CCCCc1cc(NC(=O)Nc2ccccc2F)n(-c2ccc(CC(=O)O)cc2)n1. The lowest BCUT2D eigenvalue weighted by Gasteiger charge is -2.11. The maximum absolute atomic E-state index is 13.8. The Morgan fingerprint density at radius 1 is 1.10 bits per heavy atom. The minimum Gasteiger partial charge on any atom is -0.481 e. The standard InChI is InChI=1S/C22H23FN4O3/c1-2-3-6-16-14-20(25-22(30)24-19-8-5-4-7-18(19)23)27(26-16)17-11-9-15(10-12-17)13-21(28)29/h4-5,7-12,14H,2-3,6,13H2,1H3,(H,28,29)(H2,24,25,30). The Labute approximate surface area is 173 Å². The number of aromatic nitrogens is 2. The normalized spacial score (nSPS) is 10.6. The molecule has 0 atom stereocenters. The average Bonchev–Trinajstić information content (AvgIpc) is 3.10. The summed E-state index contributed by atoms with van der Waals surface area (Å²) in [5.41, 5.74) is 2.22. The summed E-state index contributed by atoms with van der Waals surface area (Å²) in [6, 6.07) is 14.0. The van der Waals surface area contributed by atoms with Crippen LogP contribution in [0.15, 0.2) is 54.6 Å². The van der Waals surface area contributed by atoms with E-state index in [1.165, 1.54) is 12.1 Å². The molecule has 2 amide bonds. The third kappa shape index (κ3) is 5.44. The molecule has 0 radical (unpaired) electrons. The summed E-state index contributed by atoms with van der Waals surface area (Å²) in [5.74, 6) is -1.00. The van der Waals surface area contributed by atoms with Crippen molar-refractivity contribution in [2.45, 2.75) is 32.6 Å². The number of aryl methyl sites for hydroxylation is 1. The van der Waals surface area contributed by atoms with Gasteiger partial charge in [-0.15, -0.1) is 0 Å². The van der Waals surface area contributed by atoms with Gasteiger partial charge in [0.25, 0.3) is 0 Å². The lowest BCUT2D eigenvalue weighted by molar-refractivity contribution is -0.136. The van der Waals surface area contributed by atoms with Crippen LogP contribution in [0.2, 0.25) is 0 Å². The first-order valence-electron chi connectivity index (χ1n) is 9.69. The van der Waals surface area contributed by atoms with Crippen molar-refractivity contribution in [3.8, 4) is 5.69 Å². The van der Waals surface area contributed by atoms with Crippen molar-refractivity contribution in [1.82, 2.24) is 9.78 Å². The number of carboxylic acids is 1. The molecule has 3 rings (SSSR count). The van der Waals surface area contributed by atoms with Crippen molar-refractivity contribution in [2.75, 3.05) is 10.6 Å². The van der Waals surface area contributed by atoms with Crippen molar-refractivity contribution in [3.63, 3.8) is 0 Å². The van der Waals surface area contributed by atoms with E-state index in [-0.39, 0.29) is 12.1 Å². The van der Waals surface area contributed by atoms with E-state index in [0.717, 1.165) is 25.0 Å². The summed E-state index contributed by atoms with van der Waals surface area (Å²) in [4.78, 5) is 23.3. The van der Waals surface area contributed by atoms with Crippen LogP contribution in [0.5, 0.6) is 0 Å². The van der Waals surface area contributed by atoms with Crippen LogP contribution in [0.25, 0.3) is 5.69 Å². The van der Waals surface area contributed by atoms with Crippen LogP contribution in [0, 0.1) is 5.82 Å². The first-order chi connectivity index (χ1) is 14.5. The maximum Gasteiger partial charge on any atom is 0.324 e. The first kappa shape index (κ1) is 21.0.